The van der Waals surface area contributed by atoms with E-state index in [1.54, 1.807) is 0 Å². The fourth-order valence-corrected chi connectivity index (χ4v) is 2.01. The van der Waals surface area contributed by atoms with Crippen molar-refractivity contribution in [3.05, 3.63) is 34.3 Å². The van der Waals surface area contributed by atoms with Gasteiger partial charge in [-0.05, 0) is 30.5 Å². The van der Waals surface area contributed by atoms with Crippen LogP contribution in [0.2, 0.25) is 0 Å². The van der Waals surface area contributed by atoms with E-state index in [-0.39, 0.29) is 18.5 Å². The minimum Gasteiger partial charge on any atom is -0.352 e. The number of halogens is 1. The lowest BCUT2D eigenvalue weighted by atomic mass is 10.2. The van der Waals surface area contributed by atoms with Gasteiger partial charge in [-0.25, -0.2) is 4.79 Å². The van der Waals surface area contributed by atoms with Gasteiger partial charge < -0.3 is 16.0 Å². The molecule has 0 saturated heterocycles. The number of benzene rings is 1. The molecule has 1 aromatic carbocycles. The van der Waals surface area contributed by atoms with Crippen LogP contribution in [0.4, 0.5) is 4.79 Å². The molecule has 0 bridgehead atoms. The quantitative estimate of drug-likeness (QED) is 0.768. The van der Waals surface area contributed by atoms with Crippen LogP contribution >= 0.6 is 15.9 Å². The molecule has 0 atom stereocenters. The largest absolute Gasteiger partial charge is 0.352 e. The van der Waals surface area contributed by atoms with Gasteiger partial charge in [0.15, 0.2) is 0 Å². The Morgan fingerprint density at radius 3 is 2.74 bits per heavy atom. The van der Waals surface area contributed by atoms with Crippen LogP contribution in [0.3, 0.4) is 0 Å². The first kappa shape index (κ1) is 13.9. The van der Waals surface area contributed by atoms with Crippen molar-refractivity contribution < 1.29 is 9.59 Å². The second-order valence-corrected chi connectivity index (χ2v) is 5.42. The van der Waals surface area contributed by atoms with E-state index in [0.717, 1.165) is 22.9 Å². The van der Waals surface area contributed by atoms with Gasteiger partial charge in [0, 0.05) is 17.1 Å². The van der Waals surface area contributed by atoms with E-state index < -0.39 is 0 Å². The number of carbonyl (C=O) groups is 2. The summed E-state index contributed by atoms with van der Waals surface area (Å²) in [5.74, 6) is -0.139. The Bertz CT molecular complexity index is 475. The molecule has 102 valence electrons. The van der Waals surface area contributed by atoms with Crippen molar-refractivity contribution in [2.75, 3.05) is 6.54 Å². The molecule has 3 N–H and O–H groups in total. The van der Waals surface area contributed by atoms with E-state index in [1.807, 2.05) is 24.3 Å². The summed E-state index contributed by atoms with van der Waals surface area (Å²) >= 11 is 3.37. The molecule has 19 heavy (non-hydrogen) atoms. The topological polar surface area (TPSA) is 70.2 Å². The predicted octanol–water partition coefficient (Wildman–Crippen LogP) is 1.53. The predicted molar refractivity (Wildman–Crippen MR) is 75.5 cm³/mol. The molecule has 1 aromatic rings. The highest BCUT2D eigenvalue weighted by atomic mass is 79.9. The maximum absolute atomic E-state index is 11.5. The van der Waals surface area contributed by atoms with Crippen molar-refractivity contribution in [3.8, 4) is 0 Å². The van der Waals surface area contributed by atoms with Crippen LogP contribution in [0.1, 0.15) is 18.4 Å². The highest BCUT2D eigenvalue weighted by molar-refractivity contribution is 9.10. The minimum atomic E-state index is -0.342. The standard InChI is InChI=1S/C13H16BrN3O2/c14-10-3-1-2-9(6-10)7-15-13(19)16-8-12(18)17-11-4-5-11/h1-3,6,11H,4-5,7-8H2,(H,17,18)(H2,15,16,19). The van der Waals surface area contributed by atoms with E-state index >= 15 is 0 Å². The molecule has 0 aliphatic heterocycles. The van der Waals surface area contributed by atoms with Gasteiger partial charge in [-0.1, -0.05) is 28.1 Å². The number of rotatable bonds is 5. The van der Waals surface area contributed by atoms with Crippen molar-refractivity contribution in [3.63, 3.8) is 0 Å². The third-order valence-corrected chi connectivity index (χ3v) is 3.19. The van der Waals surface area contributed by atoms with Gasteiger partial charge in [-0.3, -0.25) is 4.79 Å². The Kier molecular flexibility index (Phi) is 4.79. The number of carbonyl (C=O) groups excluding carboxylic acids is 2. The highest BCUT2D eigenvalue weighted by Gasteiger charge is 2.23. The summed E-state index contributed by atoms with van der Waals surface area (Å²) in [5.41, 5.74) is 0.993. The molecular weight excluding hydrogens is 310 g/mol. The van der Waals surface area contributed by atoms with E-state index in [1.165, 1.54) is 0 Å². The van der Waals surface area contributed by atoms with Crippen LogP contribution in [0.25, 0.3) is 0 Å². The smallest absolute Gasteiger partial charge is 0.315 e. The van der Waals surface area contributed by atoms with Crippen molar-refractivity contribution >= 4 is 27.9 Å². The number of nitrogens with one attached hydrogen (secondary N) is 3. The van der Waals surface area contributed by atoms with Crippen LogP contribution in [-0.4, -0.2) is 24.5 Å². The molecule has 3 amide bonds. The van der Waals surface area contributed by atoms with Gasteiger partial charge in [0.25, 0.3) is 0 Å². The number of urea groups is 1. The van der Waals surface area contributed by atoms with E-state index in [4.69, 9.17) is 0 Å². The monoisotopic (exact) mass is 325 g/mol. The van der Waals surface area contributed by atoms with Gasteiger partial charge >= 0.3 is 6.03 Å². The van der Waals surface area contributed by atoms with Gasteiger partial charge in [0.1, 0.15) is 0 Å². The molecule has 1 saturated carbocycles. The molecule has 1 fully saturated rings. The molecule has 5 nitrogen and oxygen atoms in total. The Hall–Kier alpha value is -1.56. The van der Waals surface area contributed by atoms with E-state index in [9.17, 15) is 9.59 Å². The van der Waals surface area contributed by atoms with Gasteiger partial charge in [-0.2, -0.15) is 0 Å². The average molecular weight is 326 g/mol. The molecular formula is C13H16BrN3O2. The summed E-state index contributed by atoms with van der Waals surface area (Å²) in [6.45, 7) is 0.441. The summed E-state index contributed by atoms with van der Waals surface area (Å²) in [6.07, 6.45) is 2.08. The summed E-state index contributed by atoms with van der Waals surface area (Å²) < 4.78 is 0.969. The zero-order valence-corrected chi connectivity index (χ0v) is 12.0. The Balaban J connectivity index is 1.65. The first-order chi connectivity index (χ1) is 9.13. The van der Waals surface area contributed by atoms with Crippen molar-refractivity contribution in [1.82, 2.24) is 16.0 Å². The highest BCUT2D eigenvalue weighted by Crippen LogP contribution is 2.18. The third kappa shape index (κ3) is 5.30. The van der Waals surface area contributed by atoms with Crippen molar-refractivity contribution in [2.45, 2.75) is 25.4 Å². The summed E-state index contributed by atoms with van der Waals surface area (Å²) in [5, 5.41) is 8.03. The fraction of sp³-hybridized carbons (Fsp3) is 0.385. The van der Waals surface area contributed by atoms with Crippen LogP contribution in [0, 0.1) is 0 Å². The zero-order chi connectivity index (χ0) is 13.7. The summed E-state index contributed by atoms with van der Waals surface area (Å²) in [4.78, 5) is 22.9. The second kappa shape index (κ2) is 6.56. The first-order valence-electron chi connectivity index (χ1n) is 6.19. The normalized spacial score (nSPS) is 13.7. The molecule has 0 radical (unpaired) electrons. The second-order valence-electron chi connectivity index (χ2n) is 4.51. The lowest BCUT2D eigenvalue weighted by Gasteiger charge is -2.08. The third-order valence-electron chi connectivity index (χ3n) is 2.69. The van der Waals surface area contributed by atoms with Gasteiger partial charge in [-0.15, -0.1) is 0 Å². The van der Waals surface area contributed by atoms with E-state index in [2.05, 4.69) is 31.9 Å². The Morgan fingerprint density at radius 1 is 1.26 bits per heavy atom. The minimum absolute atomic E-state index is 0.0147. The molecule has 0 spiro atoms. The molecule has 6 heteroatoms. The molecule has 2 rings (SSSR count). The van der Waals surface area contributed by atoms with Crippen molar-refractivity contribution in [2.24, 2.45) is 0 Å². The fourth-order valence-electron chi connectivity index (χ4n) is 1.56. The maximum atomic E-state index is 11.5. The van der Waals surface area contributed by atoms with Gasteiger partial charge in [0.05, 0.1) is 6.54 Å². The zero-order valence-electron chi connectivity index (χ0n) is 10.4. The van der Waals surface area contributed by atoms with Crippen molar-refractivity contribution in [1.29, 1.82) is 0 Å². The number of hydrogen-bond donors (Lipinski definition) is 3. The average Bonchev–Trinajstić information content (AvgIpc) is 3.18. The molecule has 1 aliphatic carbocycles. The molecule has 0 heterocycles. The Morgan fingerprint density at radius 2 is 2.05 bits per heavy atom. The summed E-state index contributed by atoms with van der Waals surface area (Å²) in [7, 11) is 0. The number of hydrogen-bond acceptors (Lipinski definition) is 2. The first-order valence-corrected chi connectivity index (χ1v) is 6.98. The van der Waals surface area contributed by atoms with Crippen LogP contribution in [0.5, 0.6) is 0 Å². The number of amides is 3. The van der Waals surface area contributed by atoms with Crippen LogP contribution in [0.15, 0.2) is 28.7 Å². The molecule has 0 unspecified atom stereocenters. The molecule has 1 aliphatic rings. The SMILES string of the molecule is O=C(CNC(=O)NCc1cccc(Br)c1)NC1CC1. The lowest BCUT2D eigenvalue weighted by Crippen LogP contribution is -2.42. The maximum Gasteiger partial charge on any atom is 0.315 e. The van der Waals surface area contributed by atoms with E-state index in [0.29, 0.717) is 12.6 Å². The van der Waals surface area contributed by atoms with Crippen LogP contribution < -0.4 is 16.0 Å². The lowest BCUT2D eigenvalue weighted by molar-refractivity contribution is -0.120. The van der Waals surface area contributed by atoms with Crippen LogP contribution in [-0.2, 0) is 11.3 Å². The Labute approximate surface area is 120 Å². The molecule has 0 aromatic heterocycles. The van der Waals surface area contributed by atoms with Gasteiger partial charge in [0.2, 0.25) is 5.91 Å². The summed E-state index contributed by atoms with van der Waals surface area (Å²) in [6, 6.07) is 7.66.